The first-order chi connectivity index (χ1) is 34.2. The SMILES string of the molecule is N#Cc1ccc(-n2c3ccccc3c3cc(-c4cc(-c5nc(-c6ccccc6)nc(-c6ccccc6)n5)ccc4-n4c5ccccc5c5ccccc54)ccc32)c(-c2ccc(C(F)(F)F)cc2C#N)c1. The van der Waals surface area contributed by atoms with Crippen LogP contribution in [0.15, 0.2) is 206 Å². The van der Waals surface area contributed by atoms with Gasteiger partial charge in [-0.15, -0.1) is 0 Å². The van der Waals surface area contributed by atoms with Crippen LogP contribution in [0.5, 0.6) is 0 Å². The molecule has 12 aromatic rings. The van der Waals surface area contributed by atoms with Crippen LogP contribution in [0, 0.1) is 22.7 Å². The summed E-state index contributed by atoms with van der Waals surface area (Å²) in [5.74, 6) is 1.60. The van der Waals surface area contributed by atoms with Crippen LogP contribution >= 0.6 is 0 Å². The van der Waals surface area contributed by atoms with Crippen LogP contribution in [0.2, 0.25) is 0 Å². The number of nitrogens with zero attached hydrogens (tertiary/aromatic N) is 7. The van der Waals surface area contributed by atoms with Crippen molar-refractivity contribution in [3.8, 4) is 79.9 Å². The summed E-state index contributed by atoms with van der Waals surface area (Å²) in [6.07, 6.45) is -4.64. The molecule has 0 spiro atoms. The lowest BCUT2D eigenvalue weighted by molar-refractivity contribution is -0.137. The monoisotopic (exact) mass is 909 g/mol. The summed E-state index contributed by atoms with van der Waals surface area (Å²) < 4.78 is 46.1. The molecule has 70 heavy (non-hydrogen) atoms. The van der Waals surface area contributed by atoms with Crippen molar-refractivity contribution in [1.82, 2.24) is 24.1 Å². The Morgan fingerprint density at radius 1 is 0.371 bits per heavy atom. The summed E-state index contributed by atoms with van der Waals surface area (Å²) in [5, 5.41) is 24.3. The normalized spacial score (nSPS) is 11.6. The van der Waals surface area contributed by atoms with Gasteiger partial charge in [-0.25, -0.2) is 15.0 Å². The van der Waals surface area contributed by atoms with Gasteiger partial charge in [0.15, 0.2) is 17.5 Å². The van der Waals surface area contributed by atoms with E-state index in [-0.39, 0.29) is 11.1 Å². The minimum atomic E-state index is -4.64. The molecule has 7 nitrogen and oxygen atoms in total. The summed E-state index contributed by atoms with van der Waals surface area (Å²) in [5.41, 5.74) is 9.52. The summed E-state index contributed by atoms with van der Waals surface area (Å²) in [7, 11) is 0. The van der Waals surface area contributed by atoms with E-state index in [0.717, 1.165) is 89.2 Å². The Kier molecular flexibility index (Phi) is 9.90. The number of rotatable bonds is 7. The van der Waals surface area contributed by atoms with E-state index in [1.54, 1.807) is 18.2 Å². The zero-order valence-corrected chi connectivity index (χ0v) is 36.9. The number of hydrogen-bond acceptors (Lipinski definition) is 5. The molecular formula is C60H34F3N7. The van der Waals surface area contributed by atoms with Crippen LogP contribution in [-0.2, 0) is 6.18 Å². The Hall–Kier alpha value is -9.64. The number of aromatic nitrogens is 5. The molecule has 0 saturated carbocycles. The third kappa shape index (κ3) is 7.02. The van der Waals surface area contributed by atoms with Gasteiger partial charge in [0, 0.05) is 54.9 Å². The van der Waals surface area contributed by atoms with Gasteiger partial charge in [0.2, 0.25) is 0 Å². The Morgan fingerprint density at radius 3 is 1.41 bits per heavy atom. The van der Waals surface area contributed by atoms with Gasteiger partial charge < -0.3 is 9.13 Å². The predicted molar refractivity (Wildman–Crippen MR) is 270 cm³/mol. The third-order valence-corrected chi connectivity index (χ3v) is 12.9. The predicted octanol–water partition coefficient (Wildman–Crippen LogP) is 15.2. The van der Waals surface area contributed by atoms with Gasteiger partial charge >= 0.3 is 6.18 Å². The van der Waals surface area contributed by atoms with Crippen LogP contribution in [0.1, 0.15) is 16.7 Å². The maximum absolute atomic E-state index is 13.9. The van der Waals surface area contributed by atoms with Gasteiger partial charge in [0.05, 0.1) is 62.3 Å². The van der Waals surface area contributed by atoms with Gasteiger partial charge in [-0.1, -0.05) is 127 Å². The zero-order valence-electron chi connectivity index (χ0n) is 36.9. The number of alkyl halides is 3. The van der Waals surface area contributed by atoms with Crippen molar-refractivity contribution in [1.29, 1.82) is 10.5 Å². The molecule has 3 aromatic heterocycles. The van der Waals surface area contributed by atoms with E-state index in [4.69, 9.17) is 15.0 Å². The molecular weight excluding hydrogens is 876 g/mol. The molecule has 0 bridgehead atoms. The number of nitriles is 2. The fraction of sp³-hybridized carbons (Fsp3) is 0.0167. The molecule has 10 heteroatoms. The van der Waals surface area contributed by atoms with Crippen molar-refractivity contribution in [3.05, 3.63) is 223 Å². The maximum Gasteiger partial charge on any atom is 0.416 e. The van der Waals surface area contributed by atoms with Crippen molar-refractivity contribution < 1.29 is 13.2 Å². The zero-order chi connectivity index (χ0) is 47.5. The average molecular weight is 910 g/mol. The minimum Gasteiger partial charge on any atom is -0.309 e. The van der Waals surface area contributed by atoms with Crippen molar-refractivity contribution in [3.63, 3.8) is 0 Å². The molecule has 330 valence electrons. The van der Waals surface area contributed by atoms with Crippen molar-refractivity contribution in [2.45, 2.75) is 6.18 Å². The maximum atomic E-state index is 13.9. The fourth-order valence-electron chi connectivity index (χ4n) is 9.69. The largest absolute Gasteiger partial charge is 0.416 e. The van der Waals surface area contributed by atoms with Crippen LogP contribution in [0.25, 0.3) is 111 Å². The third-order valence-electron chi connectivity index (χ3n) is 12.9. The molecule has 0 aliphatic rings. The van der Waals surface area contributed by atoms with Crippen LogP contribution in [0.3, 0.4) is 0 Å². The second-order valence-corrected chi connectivity index (χ2v) is 16.9. The summed E-state index contributed by atoms with van der Waals surface area (Å²) >= 11 is 0. The van der Waals surface area contributed by atoms with E-state index >= 15 is 0 Å². The Bertz CT molecular complexity index is 4030. The van der Waals surface area contributed by atoms with Crippen LogP contribution in [0.4, 0.5) is 13.2 Å². The summed E-state index contributed by atoms with van der Waals surface area (Å²) in [4.78, 5) is 15.2. The summed E-state index contributed by atoms with van der Waals surface area (Å²) in [6.45, 7) is 0. The molecule has 0 fully saturated rings. The number of fused-ring (bicyclic) bond motifs is 6. The van der Waals surface area contributed by atoms with E-state index in [9.17, 15) is 23.7 Å². The highest BCUT2D eigenvalue weighted by Crippen LogP contribution is 2.43. The minimum absolute atomic E-state index is 0.156. The molecule has 0 amide bonds. The van der Waals surface area contributed by atoms with E-state index < -0.39 is 11.7 Å². The number of halogens is 3. The molecule has 0 atom stereocenters. The second kappa shape index (κ2) is 16.6. The molecule has 0 aliphatic carbocycles. The van der Waals surface area contributed by atoms with Gasteiger partial charge in [0.25, 0.3) is 0 Å². The Balaban J connectivity index is 1.11. The van der Waals surface area contributed by atoms with Gasteiger partial charge in [0.1, 0.15) is 0 Å². The molecule has 0 saturated heterocycles. The lowest BCUT2D eigenvalue weighted by atomic mass is 9.95. The lowest BCUT2D eigenvalue weighted by Crippen LogP contribution is -2.06. The second-order valence-electron chi connectivity index (χ2n) is 16.9. The highest BCUT2D eigenvalue weighted by molar-refractivity contribution is 6.12. The molecule has 0 radical (unpaired) electrons. The quantitative estimate of drug-likeness (QED) is 0.159. The Labute approximate surface area is 398 Å². The first kappa shape index (κ1) is 41.8. The highest BCUT2D eigenvalue weighted by atomic mass is 19.4. The van der Waals surface area contributed by atoms with Gasteiger partial charge in [-0.05, 0) is 84.4 Å². The molecule has 9 aromatic carbocycles. The van der Waals surface area contributed by atoms with Crippen molar-refractivity contribution in [2.75, 3.05) is 0 Å². The molecule has 12 rings (SSSR count). The van der Waals surface area contributed by atoms with E-state index in [1.165, 1.54) is 6.07 Å². The van der Waals surface area contributed by atoms with Gasteiger partial charge in [-0.3, -0.25) is 0 Å². The van der Waals surface area contributed by atoms with E-state index in [1.807, 2.05) is 91.0 Å². The Morgan fingerprint density at radius 2 is 0.857 bits per heavy atom. The topological polar surface area (TPSA) is 96.1 Å². The average Bonchev–Trinajstić information content (AvgIpc) is 3.93. The number of para-hydroxylation sites is 3. The number of hydrogen-bond donors (Lipinski definition) is 0. The highest BCUT2D eigenvalue weighted by Gasteiger charge is 2.32. The fourth-order valence-corrected chi connectivity index (χ4v) is 9.69. The van der Waals surface area contributed by atoms with Crippen molar-refractivity contribution in [2.24, 2.45) is 0 Å². The van der Waals surface area contributed by atoms with Gasteiger partial charge in [-0.2, -0.15) is 23.7 Å². The van der Waals surface area contributed by atoms with E-state index in [2.05, 4.69) is 100 Å². The lowest BCUT2D eigenvalue weighted by Gasteiger charge is -2.17. The standard InChI is InChI=1S/C60H34F3N7/c61-60(62,63)43-26-27-44(42(32-43)36-65)49-31-37(35-64)23-28-55(49)70-53-22-12-9-19-47(53)50-33-40(24-29-56(50)70)48-34-41(25-30-54(48)69-51-20-10-7-17-45(51)46-18-8-11-21-52(46)69)59-67-57(38-13-3-1-4-14-38)66-58(68-59)39-15-5-2-6-16-39/h1-34H. The van der Waals surface area contributed by atoms with Crippen LogP contribution < -0.4 is 0 Å². The van der Waals surface area contributed by atoms with Crippen molar-refractivity contribution >= 4 is 43.6 Å². The number of benzene rings is 9. The van der Waals surface area contributed by atoms with E-state index in [0.29, 0.717) is 34.3 Å². The summed E-state index contributed by atoms with van der Waals surface area (Å²) in [6, 6.07) is 69.5. The van der Waals surface area contributed by atoms with Crippen LogP contribution in [-0.4, -0.2) is 24.1 Å². The molecule has 3 heterocycles. The molecule has 0 aliphatic heterocycles. The smallest absolute Gasteiger partial charge is 0.309 e. The first-order valence-corrected chi connectivity index (χ1v) is 22.5. The molecule has 0 N–H and O–H groups in total. The molecule has 0 unspecified atom stereocenters. The first-order valence-electron chi connectivity index (χ1n) is 22.5.